The first-order valence-corrected chi connectivity index (χ1v) is 9.29. The molecule has 1 unspecified atom stereocenters. The van der Waals surface area contributed by atoms with Crippen LogP contribution in [0, 0.1) is 5.92 Å². The average Bonchev–Trinajstić information content (AvgIpc) is 2.57. The molecule has 0 aliphatic rings. The highest BCUT2D eigenvalue weighted by atomic mass is 32.2. The summed E-state index contributed by atoms with van der Waals surface area (Å²) in [5, 5.41) is 20.8. The molecule has 2 atom stereocenters. The fourth-order valence-electron chi connectivity index (χ4n) is 1.93. The Morgan fingerprint density at radius 1 is 1.23 bits per heavy atom. The number of ether oxygens (including phenoxy) is 1. The largest absolute Gasteiger partial charge is 0.497 e. The van der Waals surface area contributed by atoms with E-state index in [4.69, 9.17) is 9.84 Å². The van der Waals surface area contributed by atoms with Crippen LogP contribution < -0.4 is 14.8 Å². The molecule has 0 saturated heterocycles. The highest BCUT2D eigenvalue weighted by molar-refractivity contribution is 7.89. The van der Waals surface area contributed by atoms with E-state index in [2.05, 4.69) is 10.0 Å². The van der Waals surface area contributed by atoms with Crippen LogP contribution in [-0.2, 0) is 19.6 Å². The topological polar surface area (TPSA) is 142 Å². The lowest BCUT2D eigenvalue weighted by Crippen LogP contribution is -2.54. The molecule has 0 aliphatic carbocycles. The van der Waals surface area contributed by atoms with E-state index in [1.54, 1.807) is 13.8 Å². The van der Waals surface area contributed by atoms with Crippen molar-refractivity contribution in [3.63, 3.8) is 0 Å². The van der Waals surface area contributed by atoms with Crippen LogP contribution >= 0.6 is 0 Å². The Balaban J connectivity index is 2.92. The number of hydrogen-bond acceptors (Lipinski definition) is 6. The summed E-state index contributed by atoms with van der Waals surface area (Å²) < 4.78 is 32.2. The lowest BCUT2D eigenvalue weighted by molar-refractivity contribution is -0.156. The minimum atomic E-state index is -3.99. The summed E-state index contributed by atoms with van der Waals surface area (Å²) in [6, 6.07) is 4.48. The quantitative estimate of drug-likeness (QED) is 0.464. The number of amides is 1. The maximum Gasteiger partial charge on any atom is 0.337 e. The fourth-order valence-corrected chi connectivity index (χ4v) is 3.27. The van der Waals surface area contributed by atoms with E-state index in [0.717, 1.165) is 6.92 Å². The van der Waals surface area contributed by atoms with Crippen LogP contribution in [0.3, 0.4) is 0 Å². The van der Waals surface area contributed by atoms with Gasteiger partial charge in [-0.25, -0.2) is 13.2 Å². The number of carboxylic acids is 1. The zero-order chi connectivity index (χ0) is 20.1. The number of carboxylic acid groups (broad SMARTS) is 1. The van der Waals surface area contributed by atoms with Crippen LogP contribution in [0.2, 0.25) is 0 Å². The summed E-state index contributed by atoms with van der Waals surface area (Å²) in [7, 11) is -2.54. The first-order valence-electron chi connectivity index (χ1n) is 7.80. The smallest absolute Gasteiger partial charge is 0.337 e. The predicted molar refractivity (Wildman–Crippen MR) is 93.2 cm³/mol. The third kappa shape index (κ3) is 5.68. The zero-order valence-corrected chi connectivity index (χ0v) is 15.8. The van der Waals surface area contributed by atoms with Gasteiger partial charge in [-0.3, -0.25) is 4.79 Å². The maximum atomic E-state index is 12.5. The number of nitrogens with one attached hydrogen (secondary N) is 2. The van der Waals surface area contributed by atoms with Crippen molar-refractivity contribution in [3.8, 4) is 5.75 Å². The highest BCUT2D eigenvalue weighted by Gasteiger charge is 2.33. The van der Waals surface area contributed by atoms with Crippen LogP contribution in [0.1, 0.15) is 20.8 Å². The first-order chi connectivity index (χ1) is 11.9. The van der Waals surface area contributed by atoms with Gasteiger partial charge in [0.2, 0.25) is 15.9 Å². The molecule has 0 aromatic heterocycles. The number of hydrogen-bond donors (Lipinski definition) is 4. The predicted octanol–water partition coefficient (Wildman–Crippen LogP) is -0.0501. The fraction of sp³-hybridized carbons (Fsp3) is 0.500. The van der Waals surface area contributed by atoms with Crippen molar-refractivity contribution in [2.75, 3.05) is 13.7 Å². The van der Waals surface area contributed by atoms with Gasteiger partial charge in [0.1, 0.15) is 11.8 Å². The van der Waals surface area contributed by atoms with Crippen molar-refractivity contribution >= 4 is 21.9 Å². The van der Waals surface area contributed by atoms with Gasteiger partial charge in [-0.15, -0.1) is 0 Å². The van der Waals surface area contributed by atoms with Crippen LogP contribution in [0.4, 0.5) is 0 Å². The zero-order valence-electron chi connectivity index (χ0n) is 15.0. The summed E-state index contributed by atoms with van der Waals surface area (Å²) >= 11 is 0. The number of carbonyl (C=O) groups is 2. The molecular weight excluding hydrogens is 364 g/mol. The summed E-state index contributed by atoms with van der Waals surface area (Å²) in [4.78, 5) is 23.1. The third-order valence-electron chi connectivity index (χ3n) is 3.67. The SMILES string of the molecule is COc1ccc(S(=O)(=O)N[C@H](C(=O)NCC(C)(O)C(=O)O)C(C)C)cc1. The van der Waals surface area contributed by atoms with E-state index < -0.39 is 46.0 Å². The summed E-state index contributed by atoms with van der Waals surface area (Å²) in [5.74, 6) is -2.17. The molecule has 0 aliphatic heterocycles. The standard InChI is InChI=1S/C16H24N2O7S/c1-10(2)13(14(19)17-9-16(3,22)15(20)21)18-26(23,24)12-7-5-11(25-4)6-8-12/h5-8,10,13,18,22H,9H2,1-4H3,(H,17,19)(H,20,21)/t13-,16?/m0/s1. The Labute approximate surface area is 152 Å². The maximum absolute atomic E-state index is 12.5. The van der Waals surface area contributed by atoms with Gasteiger partial charge < -0.3 is 20.3 Å². The molecule has 1 aromatic rings. The molecule has 10 heteroatoms. The second kappa shape index (κ2) is 8.47. The molecule has 9 nitrogen and oxygen atoms in total. The number of aliphatic hydroxyl groups is 1. The van der Waals surface area contributed by atoms with Crippen molar-refractivity contribution in [3.05, 3.63) is 24.3 Å². The Hall–Kier alpha value is -2.17. The number of benzene rings is 1. The van der Waals surface area contributed by atoms with Crippen LogP contribution in [0.15, 0.2) is 29.2 Å². The summed E-state index contributed by atoms with van der Waals surface area (Å²) in [6.07, 6.45) is 0. The number of aliphatic carboxylic acids is 1. The molecule has 0 fully saturated rings. The van der Waals surface area contributed by atoms with E-state index >= 15 is 0 Å². The number of rotatable bonds is 9. The molecule has 1 aromatic carbocycles. The van der Waals surface area contributed by atoms with Crippen LogP contribution in [-0.4, -0.2) is 55.8 Å². The van der Waals surface area contributed by atoms with Crippen molar-refractivity contribution in [2.45, 2.75) is 37.3 Å². The molecule has 26 heavy (non-hydrogen) atoms. The van der Waals surface area contributed by atoms with Crippen LogP contribution in [0.25, 0.3) is 0 Å². The van der Waals surface area contributed by atoms with Crippen molar-refractivity contribution in [2.24, 2.45) is 5.92 Å². The Morgan fingerprint density at radius 2 is 1.77 bits per heavy atom. The second-order valence-electron chi connectivity index (χ2n) is 6.32. The molecule has 0 saturated carbocycles. The first kappa shape index (κ1) is 21.9. The number of sulfonamides is 1. The highest BCUT2D eigenvalue weighted by Crippen LogP contribution is 2.17. The molecule has 0 bridgehead atoms. The molecule has 1 amide bonds. The van der Waals surface area contributed by atoms with Gasteiger partial charge in [-0.1, -0.05) is 13.8 Å². The Kier molecular flexibility index (Phi) is 7.13. The van der Waals surface area contributed by atoms with E-state index in [0.29, 0.717) is 5.75 Å². The van der Waals surface area contributed by atoms with Gasteiger partial charge in [0.15, 0.2) is 5.60 Å². The van der Waals surface area contributed by atoms with E-state index in [9.17, 15) is 23.1 Å². The van der Waals surface area contributed by atoms with Gasteiger partial charge in [0.05, 0.1) is 18.6 Å². The Morgan fingerprint density at radius 3 is 2.19 bits per heavy atom. The molecule has 0 radical (unpaired) electrons. The van der Waals surface area contributed by atoms with E-state index in [1.807, 2.05) is 0 Å². The molecular formula is C16H24N2O7S. The third-order valence-corrected chi connectivity index (χ3v) is 5.13. The normalized spacial score (nSPS) is 15.2. The van der Waals surface area contributed by atoms with E-state index in [-0.39, 0.29) is 4.90 Å². The Bertz CT molecular complexity index is 742. The van der Waals surface area contributed by atoms with Crippen molar-refractivity contribution in [1.82, 2.24) is 10.0 Å². The summed E-state index contributed by atoms with van der Waals surface area (Å²) in [5.41, 5.74) is -2.16. The molecule has 1 rings (SSSR count). The van der Waals surface area contributed by atoms with Gasteiger partial charge in [0, 0.05) is 0 Å². The average molecular weight is 388 g/mol. The minimum Gasteiger partial charge on any atom is -0.497 e. The minimum absolute atomic E-state index is 0.0470. The lowest BCUT2D eigenvalue weighted by Gasteiger charge is -2.24. The number of methoxy groups -OCH3 is 1. The van der Waals surface area contributed by atoms with Crippen molar-refractivity contribution in [1.29, 1.82) is 0 Å². The van der Waals surface area contributed by atoms with Crippen molar-refractivity contribution < 1.29 is 33.0 Å². The van der Waals surface area contributed by atoms with Crippen LogP contribution in [0.5, 0.6) is 5.75 Å². The van der Waals surface area contributed by atoms with Gasteiger partial charge in [-0.05, 0) is 37.1 Å². The van der Waals surface area contributed by atoms with Gasteiger partial charge in [0.25, 0.3) is 0 Å². The molecule has 4 N–H and O–H groups in total. The lowest BCUT2D eigenvalue weighted by atomic mass is 10.0. The molecule has 146 valence electrons. The summed E-state index contributed by atoms with van der Waals surface area (Å²) in [6.45, 7) is 3.74. The van der Waals surface area contributed by atoms with Gasteiger partial charge in [-0.2, -0.15) is 4.72 Å². The molecule has 0 heterocycles. The monoisotopic (exact) mass is 388 g/mol. The number of carbonyl (C=O) groups excluding carboxylic acids is 1. The second-order valence-corrected chi connectivity index (χ2v) is 8.03. The molecule has 0 spiro atoms. The van der Waals surface area contributed by atoms with Gasteiger partial charge >= 0.3 is 5.97 Å². The van der Waals surface area contributed by atoms with E-state index in [1.165, 1.54) is 31.4 Å².